The number of hydrogen-bond acceptors (Lipinski definition) is 20. The summed E-state index contributed by atoms with van der Waals surface area (Å²) in [7, 11) is 1.63. The number of ether oxygens (including phenoxy) is 6. The lowest BCUT2D eigenvalue weighted by Crippen LogP contribution is -2.70. The van der Waals surface area contributed by atoms with Crippen molar-refractivity contribution in [2.45, 2.75) is 118 Å². The molecule has 0 spiro atoms. The Kier molecular flexibility index (Phi) is 17.2. The van der Waals surface area contributed by atoms with Gasteiger partial charge in [-0.2, -0.15) is 0 Å². The summed E-state index contributed by atoms with van der Waals surface area (Å²) < 4.78 is 33.8. The number of hydrogen-bond donors (Lipinski definition) is 14. The van der Waals surface area contributed by atoms with Gasteiger partial charge in [0.2, 0.25) is 11.8 Å². The summed E-state index contributed by atoms with van der Waals surface area (Å²) in [6, 6.07) is 4.85. The summed E-state index contributed by atoms with van der Waals surface area (Å²) >= 11 is 5.08. The van der Waals surface area contributed by atoms with Crippen LogP contribution in [-0.4, -0.2) is 210 Å². The van der Waals surface area contributed by atoms with E-state index in [0.29, 0.717) is 16.5 Å². The smallest absolute Gasteiger partial charge is 0.364 e. The van der Waals surface area contributed by atoms with E-state index in [1.165, 1.54) is 11.8 Å². The molecule has 4 rings (SSSR count). The number of carbonyl (C=O) groups excluding carboxylic acids is 2. The molecule has 1 aromatic carbocycles. The summed E-state index contributed by atoms with van der Waals surface area (Å²) in [5.41, 5.74) is 0.973. The highest BCUT2D eigenvalue weighted by atomic mass is 32.1. The quantitative estimate of drug-likeness (QED) is 0.0543. The zero-order valence-corrected chi connectivity index (χ0v) is 32.8. The lowest BCUT2D eigenvalue weighted by Gasteiger charge is -2.50. The molecule has 3 heterocycles. The van der Waals surface area contributed by atoms with Gasteiger partial charge in [0.05, 0.1) is 32.0 Å². The van der Waals surface area contributed by atoms with Gasteiger partial charge in [-0.3, -0.25) is 14.5 Å². The molecule has 14 unspecified atom stereocenters. The zero-order chi connectivity index (χ0) is 43.9. The van der Waals surface area contributed by atoms with Crippen LogP contribution in [0, 0.1) is 0 Å². The standard InChI is InChI=1S/C34H52N4O20S/c1-13(42)36-21-17(44)8-34(32(51)52,57-28(21)22(46)18(45)9-39)58-29-23(47)19(10-40)54-31(26(29)50)56-27-20(11-41)55-30(25(49)24(27)48)53-12-38(14(2)43)16-6-4-15(5-7-16)37-33(59)35-3/h4-7,17-31,39-41,44-50H,8-12H2,1-3H3,(H,36,42)(H,51,52)(H2,35,37,59)/t17?,18-,19?,20?,21?,22-,23?,24?,25?,26?,27?,28?,29?,30?,31?,34?/m1/s1. The van der Waals surface area contributed by atoms with Crippen molar-refractivity contribution in [3.8, 4) is 0 Å². The van der Waals surface area contributed by atoms with Crippen molar-refractivity contribution in [2.75, 3.05) is 43.8 Å². The summed E-state index contributed by atoms with van der Waals surface area (Å²) in [6.07, 6.45) is -28.2. The predicted octanol–water partition coefficient (Wildman–Crippen LogP) is -6.27. The number of nitrogens with zero attached hydrogens (tertiary/aromatic N) is 1. The number of aliphatic carboxylic acids is 1. The third-order valence-electron chi connectivity index (χ3n) is 9.86. The molecule has 0 bridgehead atoms. The first-order valence-corrected chi connectivity index (χ1v) is 18.6. The maximum atomic E-state index is 12.8. The lowest BCUT2D eigenvalue weighted by atomic mass is 9.88. The minimum Gasteiger partial charge on any atom is -0.477 e. The summed E-state index contributed by atoms with van der Waals surface area (Å²) in [5.74, 6) is -6.31. The van der Waals surface area contributed by atoms with Gasteiger partial charge in [-0.25, -0.2) is 4.79 Å². The fourth-order valence-electron chi connectivity index (χ4n) is 6.70. The van der Waals surface area contributed by atoms with Gasteiger partial charge in [-0.1, -0.05) is 0 Å². The van der Waals surface area contributed by atoms with Crippen LogP contribution in [0.4, 0.5) is 11.4 Å². The van der Waals surface area contributed by atoms with Crippen molar-refractivity contribution in [3.05, 3.63) is 24.3 Å². The number of aliphatic hydroxyl groups is 10. The second-order valence-corrected chi connectivity index (χ2v) is 14.4. The van der Waals surface area contributed by atoms with Crippen LogP contribution >= 0.6 is 12.2 Å². The second-order valence-electron chi connectivity index (χ2n) is 14.0. The van der Waals surface area contributed by atoms with Crippen molar-refractivity contribution < 1.29 is 99.0 Å². The molecule has 59 heavy (non-hydrogen) atoms. The largest absolute Gasteiger partial charge is 0.477 e. The number of anilines is 2. The van der Waals surface area contributed by atoms with E-state index in [1.807, 2.05) is 0 Å². The van der Waals surface area contributed by atoms with E-state index < -0.39 is 148 Å². The van der Waals surface area contributed by atoms with Crippen molar-refractivity contribution in [1.82, 2.24) is 10.6 Å². The maximum Gasteiger partial charge on any atom is 0.364 e. The number of rotatable bonds is 16. The molecule has 1 aromatic rings. The topological polar surface area (TPSA) is 368 Å². The van der Waals surface area contributed by atoms with Crippen LogP contribution in [0.2, 0.25) is 0 Å². The fraction of sp³-hybridized carbons (Fsp3) is 0.706. The Labute approximate surface area is 341 Å². The number of carboxylic acids is 1. The Morgan fingerprint density at radius 1 is 0.915 bits per heavy atom. The van der Waals surface area contributed by atoms with E-state index >= 15 is 0 Å². The molecular weight excluding hydrogens is 816 g/mol. The first-order valence-electron chi connectivity index (χ1n) is 18.2. The van der Waals surface area contributed by atoms with Crippen LogP contribution in [-0.2, 0) is 42.8 Å². The van der Waals surface area contributed by atoms with Gasteiger partial charge in [0.1, 0.15) is 73.9 Å². The molecule has 3 aliphatic rings. The summed E-state index contributed by atoms with van der Waals surface area (Å²) in [5, 5.41) is 125. The molecule has 14 N–H and O–H groups in total. The average molecular weight is 869 g/mol. The van der Waals surface area contributed by atoms with Gasteiger partial charge < -0.3 is 101 Å². The molecule has 3 fully saturated rings. The molecule has 0 aliphatic carbocycles. The van der Waals surface area contributed by atoms with E-state index in [1.54, 1.807) is 31.3 Å². The van der Waals surface area contributed by atoms with Gasteiger partial charge in [-0.05, 0) is 36.5 Å². The van der Waals surface area contributed by atoms with Crippen LogP contribution in [0.1, 0.15) is 20.3 Å². The molecule has 0 saturated carbocycles. The minimum atomic E-state index is -3.07. The van der Waals surface area contributed by atoms with Crippen LogP contribution in [0.15, 0.2) is 24.3 Å². The Morgan fingerprint density at radius 2 is 1.54 bits per heavy atom. The molecule has 334 valence electrons. The Bertz CT molecular complexity index is 1580. The fourth-order valence-corrected chi connectivity index (χ4v) is 6.82. The highest BCUT2D eigenvalue weighted by molar-refractivity contribution is 7.80. The third kappa shape index (κ3) is 11.1. The maximum absolute atomic E-state index is 12.8. The molecule has 0 radical (unpaired) electrons. The van der Waals surface area contributed by atoms with E-state index in [0.717, 1.165) is 6.92 Å². The Hall–Kier alpha value is -3.32. The Morgan fingerprint density at radius 3 is 2.08 bits per heavy atom. The van der Waals surface area contributed by atoms with Gasteiger partial charge in [0.25, 0.3) is 5.79 Å². The van der Waals surface area contributed by atoms with Crippen molar-refractivity contribution in [1.29, 1.82) is 0 Å². The predicted molar refractivity (Wildman–Crippen MR) is 199 cm³/mol. The molecule has 3 saturated heterocycles. The molecule has 24 nitrogen and oxygen atoms in total. The normalized spacial score (nSPS) is 35.8. The summed E-state index contributed by atoms with van der Waals surface area (Å²) in [4.78, 5) is 38.4. The second kappa shape index (κ2) is 21.0. The number of thiocarbonyl (C=S) groups is 1. The first kappa shape index (κ1) is 48.3. The van der Waals surface area contributed by atoms with Gasteiger partial charge >= 0.3 is 5.97 Å². The Balaban J connectivity index is 1.53. The number of nitrogens with one attached hydrogen (secondary N) is 3. The van der Waals surface area contributed by atoms with E-state index in [-0.39, 0.29) is 0 Å². The number of benzene rings is 1. The molecule has 2 amide bonds. The summed E-state index contributed by atoms with van der Waals surface area (Å²) in [6.45, 7) is -1.22. The highest BCUT2D eigenvalue weighted by Gasteiger charge is 2.60. The number of carbonyl (C=O) groups is 3. The van der Waals surface area contributed by atoms with E-state index in [9.17, 15) is 70.6 Å². The van der Waals surface area contributed by atoms with Crippen LogP contribution in [0.25, 0.3) is 0 Å². The number of amides is 2. The number of aliphatic hydroxyl groups excluding tert-OH is 10. The highest BCUT2D eigenvalue weighted by Crippen LogP contribution is 2.38. The van der Waals surface area contributed by atoms with Crippen LogP contribution in [0.3, 0.4) is 0 Å². The van der Waals surface area contributed by atoms with Gasteiger partial charge in [-0.15, -0.1) is 0 Å². The van der Waals surface area contributed by atoms with Crippen molar-refractivity contribution >= 4 is 46.5 Å². The zero-order valence-electron chi connectivity index (χ0n) is 32.0. The van der Waals surface area contributed by atoms with Gasteiger partial charge in [0.15, 0.2) is 17.7 Å². The monoisotopic (exact) mass is 868 g/mol. The van der Waals surface area contributed by atoms with E-state index in [4.69, 9.17) is 40.6 Å². The first-order chi connectivity index (χ1) is 27.8. The van der Waals surface area contributed by atoms with Crippen molar-refractivity contribution in [2.24, 2.45) is 0 Å². The number of carboxylic acid groups (broad SMARTS) is 1. The molecule has 0 aromatic heterocycles. The lowest BCUT2D eigenvalue weighted by molar-refractivity contribution is -0.386. The molecule has 25 heteroatoms. The third-order valence-corrected chi connectivity index (χ3v) is 10.2. The SMILES string of the molecule is CNC(=S)Nc1ccc(N(COC2OC(CO)C(OC3OC(CO)C(O)C(OC4(C(=O)O)CC(O)C(NC(C)=O)C([C@H](O)[C@H](O)CO)O4)C3O)C(O)C2O)C(C)=O)cc1. The van der Waals surface area contributed by atoms with Crippen LogP contribution in [0.5, 0.6) is 0 Å². The van der Waals surface area contributed by atoms with Gasteiger partial charge in [0, 0.05) is 38.7 Å². The van der Waals surface area contributed by atoms with Crippen molar-refractivity contribution in [3.63, 3.8) is 0 Å². The molecule has 16 atom stereocenters. The molecule has 3 aliphatic heterocycles. The van der Waals surface area contributed by atoms with E-state index in [2.05, 4.69) is 16.0 Å². The minimum absolute atomic E-state index is 0.351. The molecular formula is C34H52N4O20S. The van der Waals surface area contributed by atoms with Crippen LogP contribution < -0.4 is 20.9 Å². The average Bonchev–Trinajstić information content (AvgIpc) is 3.20.